The first kappa shape index (κ1) is 15.4. The Kier molecular flexibility index (Phi) is 6.04. The Morgan fingerprint density at radius 2 is 2.22 bits per heavy atom. The van der Waals surface area contributed by atoms with Gasteiger partial charge in [-0.15, -0.1) is 0 Å². The lowest BCUT2D eigenvalue weighted by molar-refractivity contribution is -0.136. The highest BCUT2D eigenvalue weighted by Crippen LogP contribution is 2.16. The van der Waals surface area contributed by atoms with Crippen molar-refractivity contribution in [2.24, 2.45) is 0 Å². The summed E-state index contributed by atoms with van der Waals surface area (Å²) in [6, 6.07) is -0.0301. The molecule has 1 aliphatic heterocycles. The molecule has 1 aliphatic rings. The second kappa shape index (κ2) is 7.06. The second-order valence-electron chi connectivity index (χ2n) is 4.57. The van der Waals surface area contributed by atoms with E-state index in [0.717, 1.165) is 25.8 Å². The fourth-order valence-corrected chi connectivity index (χ4v) is 3.94. The highest BCUT2D eigenvalue weighted by Gasteiger charge is 2.30. The van der Waals surface area contributed by atoms with E-state index < -0.39 is 16.0 Å². The van der Waals surface area contributed by atoms with Crippen LogP contribution in [0.25, 0.3) is 0 Å². The summed E-state index contributed by atoms with van der Waals surface area (Å²) in [4.78, 5) is 10.5. The molecule has 0 aromatic rings. The molecule has 1 unspecified atom stereocenters. The van der Waals surface area contributed by atoms with Gasteiger partial charge in [0.2, 0.25) is 10.0 Å². The van der Waals surface area contributed by atoms with Crippen molar-refractivity contribution in [3.63, 3.8) is 0 Å². The number of nitrogens with zero attached hydrogens (tertiary/aromatic N) is 1. The van der Waals surface area contributed by atoms with E-state index in [1.165, 1.54) is 4.31 Å². The molecule has 0 bridgehead atoms. The van der Waals surface area contributed by atoms with Crippen LogP contribution in [0.1, 0.15) is 32.6 Å². The van der Waals surface area contributed by atoms with Crippen LogP contribution in [0.4, 0.5) is 0 Å². The molecule has 0 radical (unpaired) electrons. The van der Waals surface area contributed by atoms with Gasteiger partial charge in [-0.05, 0) is 25.8 Å². The lowest BCUT2D eigenvalue weighted by Gasteiger charge is -2.33. The molecule has 1 heterocycles. The van der Waals surface area contributed by atoms with Gasteiger partial charge < -0.3 is 10.4 Å². The van der Waals surface area contributed by atoms with Crippen molar-refractivity contribution in [2.75, 3.05) is 25.4 Å². The molecule has 106 valence electrons. The molecule has 1 rings (SSSR count). The maximum absolute atomic E-state index is 12.2. The number of carbonyl (C=O) groups is 1. The van der Waals surface area contributed by atoms with Crippen LogP contribution in [0, 0.1) is 0 Å². The van der Waals surface area contributed by atoms with E-state index in [2.05, 4.69) is 5.32 Å². The van der Waals surface area contributed by atoms with Crippen molar-refractivity contribution in [1.82, 2.24) is 9.62 Å². The van der Waals surface area contributed by atoms with E-state index in [1.807, 2.05) is 6.92 Å². The number of carboxylic acids is 1. The molecule has 0 aromatic heterocycles. The third-order valence-corrected chi connectivity index (χ3v) is 4.97. The summed E-state index contributed by atoms with van der Waals surface area (Å²) in [5.41, 5.74) is 0. The predicted octanol–water partition coefficient (Wildman–Crippen LogP) is 0.255. The van der Waals surface area contributed by atoms with Gasteiger partial charge in [-0.3, -0.25) is 4.79 Å². The summed E-state index contributed by atoms with van der Waals surface area (Å²) in [7, 11) is -3.47. The number of nitrogens with one attached hydrogen (secondary N) is 1. The molecular weight excluding hydrogens is 256 g/mol. The topological polar surface area (TPSA) is 86.7 Å². The minimum absolute atomic E-state index is 0.0301. The largest absolute Gasteiger partial charge is 0.481 e. The van der Waals surface area contributed by atoms with E-state index in [9.17, 15) is 13.2 Å². The highest BCUT2D eigenvalue weighted by molar-refractivity contribution is 7.89. The van der Waals surface area contributed by atoms with Gasteiger partial charge in [-0.25, -0.2) is 8.42 Å². The molecule has 6 nitrogen and oxygen atoms in total. The smallest absolute Gasteiger partial charge is 0.304 e. The van der Waals surface area contributed by atoms with Crippen molar-refractivity contribution in [3.05, 3.63) is 0 Å². The summed E-state index contributed by atoms with van der Waals surface area (Å²) in [6.07, 6.45) is 2.21. The molecule has 0 aromatic carbocycles. The molecule has 7 heteroatoms. The highest BCUT2D eigenvalue weighted by atomic mass is 32.2. The molecule has 18 heavy (non-hydrogen) atoms. The Labute approximate surface area is 108 Å². The fraction of sp³-hybridized carbons (Fsp3) is 0.909. The van der Waals surface area contributed by atoms with Crippen molar-refractivity contribution in [3.8, 4) is 0 Å². The SMILES string of the molecule is CCCN(C1CCCNC1)S(=O)(=O)CCC(=O)O. The Morgan fingerprint density at radius 3 is 2.72 bits per heavy atom. The second-order valence-corrected chi connectivity index (χ2v) is 6.61. The molecule has 1 saturated heterocycles. The average molecular weight is 278 g/mol. The summed E-state index contributed by atoms with van der Waals surface area (Å²) in [6.45, 7) is 3.97. The first-order valence-corrected chi connectivity index (χ1v) is 8.00. The number of sulfonamides is 1. The van der Waals surface area contributed by atoms with Crippen LogP contribution in [0.5, 0.6) is 0 Å². The standard InChI is InChI=1S/C11H22N2O4S/c1-2-7-13(10-4-3-6-12-9-10)18(16,17)8-5-11(14)15/h10,12H,2-9H2,1H3,(H,14,15). The number of rotatable bonds is 7. The van der Waals surface area contributed by atoms with Crippen molar-refractivity contribution in [2.45, 2.75) is 38.6 Å². The van der Waals surface area contributed by atoms with Crippen LogP contribution in [0.3, 0.4) is 0 Å². The van der Waals surface area contributed by atoms with E-state index >= 15 is 0 Å². The van der Waals surface area contributed by atoms with Crippen molar-refractivity contribution in [1.29, 1.82) is 0 Å². The molecule has 1 fully saturated rings. The Bertz CT molecular complexity index is 363. The van der Waals surface area contributed by atoms with Crippen LogP contribution in [0.2, 0.25) is 0 Å². The van der Waals surface area contributed by atoms with E-state index in [0.29, 0.717) is 13.1 Å². The minimum atomic E-state index is -3.47. The molecule has 0 amide bonds. The Balaban J connectivity index is 2.72. The number of piperidine rings is 1. The summed E-state index contributed by atoms with van der Waals surface area (Å²) >= 11 is 0. The monoisotopic (exact) mass is 278 g/mol. The first-order valence-electron chi connectivity index (χ1n) is 6.39. The van der Waals surface area contributed by atoms with Crippen molar-refractivity contribution < 1.29 is 18.3 Å². The number of hydrogen-bond donors (Lipinski definition) is 2. The van der Waals surface area contributed by atoms with Crippen LogP contribution in [-0.4, -0.2) is 55.2 Å². The maximum Gasteiger partial charge on any atom is 0.304 e. The Morgan fingerprint density at radius 1 is 1.50 bits per heavy atom. The van der Waals surface area contributed by atoms with Gasteiger partial charge in [0.05, 0.1) is 12.2 Å². The summed E-state index contributed by atoms with van der Waals surface area (Å²) in [5.74, 6) is -1.38. The van der Waals surface area contributed by atoms with Crippen molar-refractivity contribution >= 4 is 16.0 Å². The molecule has 0 aliphatic carbocycles. The lowest BCUT2D eigenvalue weighted by atomic mass is 10.1. The third-order valence-electron chi connectivity index (χ3n) is 3.05. The third kappa shape index (κ3) is 4.55. The minimum Gasteiger partial charge on any atom is -0.481 e. The van der Waals surface area contributed by atoms with E-state index in [-0.39, 0.29) is 18.2 Å². The lowest BCUT2D eigenvalue weighted by Crippen LogP contribution is -2.49. The summed E-state index contributed by atoms with van der Waals surface area (Å²) in [5, 5.41) is 11.8. The predicted molar refractivity (Wildman–Crippen MR) is 68.9 cm³/mol. The van der Waals surface area contributed by atoms with Gasteiger partial charge in [0.15, 0.2) is 0 Å². The van der Waals surface area contributed by atoms with Gasteiger partial charge >= 0.3 is 5.97 Å². The Hall–Kier alpha value is -0.660. The van der Waals surface area contributed by atoms with Gasteiger partial charge in [0.25, 0.3) is 0 Å². The molecule has 0 saturated carbocycles. The van der Waals surface area contributed by atoms with Crippen LogP contribution < -0.4 is 5.32 Å². The van der Waals surface area contributed by atoms with Crippen LogP contribution >= 0.6 is 0 Å². The van der Waals surface area contributed by atoms with Gasteiger partial charge in [-0.1, -0.05) is 6.92 Å². The molecular formula is C11H22N2O4S. The number of carboxylic acid groups (broad SMARTS) is 1. The van der Waals surface area contributed by atoms with E-state index in [4.69, 9.17) is 5.11 Å². The maximum atomic E-state index is 12.2. The summed E-state index contributed by atoms with van der Waals surface area (Å²) < 4.78 is 25.8. The first-order chi connectivity index (χ1) is 8.47. The zero-order valence-corrected chi connectivity index (χ0v) is 11.6. The van der Waals surface area contributed by atoms with Gasteiger partial charge in [0, 0.05) is 19.1 Å². The van der Waals surface area contributed by atoms with Crippen LogP contribution in [-0.2, 0) is 14.8 Å². The molecule has 2 N–H and O–H groups in total. The average Bonchev–Trinajstić information content (AvgIpc) is 2.34. The molecule has 1 atom stereocenters. The normalized spacial score (nSPS) is 21.1. The quantitative estimate of drug-likeness (QED) is 0.697. The van der Waals surface area contributed by atoms with Gasteiger partial charge in [0.1, 0.15) is 0 Å². The number of hydrogen-bond acceptors (Lipinski definition) is 4. The van der Waals surface area contributed by atoms with E-state index in [1.54, 1.807) is 0 Å². The van der Waals surface area contributed by atoms with Crippen LogP contribution in [0.15, 0.2) is 0 Å². The fourth-order valence-electron chi connectivity index (χ4n) is 2.18. The molecule has 0 spiro atoms. The number of aliphatic carboxylic acids is 1. The zero-order valence-electron chi connectivity index (χ0n) is 10.8. The zero-order chi connectivity index (χ0) is 13.6. The van der Waals surface area contributed by atoms with Gasteiger partial charge in [-0.2, -0.15) is 4.31 Å².